The van der Waals surface area contributed by atoms with Gasteiger partial charge in [-0.05, 0) is 44.9 Å². The van der Waals surface area contributed by atoms with Crippen LogP contribution in [-0.4, -0.2) is 96.0 Å². The first kappa shape index (κ1) is 34.0. The van der Waals surface area contributed by atoms with Gasteiger partial charge in [-0.1, -0.05) is 13.8 Å². The van der Waals surface area contributed by atoms with Gasteiger partial charge in [0.25, 0.3) is 0 Å². The molecule has 13 heteroatoms. The maximum atomic E-state index is 13.2. The summed E-state index contributed by atoms with van der Waals surface area (Å²) in [4.78, 5) is 49.2. The number of epoxide rings is 1. The van der Waals surface area contributed by atoms with Crippen LogP contribution in [0.15, 0.2) is 0 Å². The Bertz CT molecular complexity index is 1140. The highest BCUT2D eigenvalue weighted by atomic mass is 16.7. The average molecular weight is 641 g/mol. The summed E-state index contributed by atoms with van der Waals surface area (Å²) in [5.74, 6) is -2.49. The van der Waals surface area contributed by atoms with Gasteiger partial charge in [-0.2, -0.15) is 0 Å². The molecule has 1 spiro atoms. The van der Waals surface area contributed by atoms with Crippen LogP contribution in [0.25, 0.3) is 0 Å². The molecule has 0 unspecified atom stereocenters. The molecular formula is C32H48O13. The maximum absolute atomic E-state index is 13.2. The van der Waals surface area contributed by atoms with E-state index in [1.807, 2.05) is 0 Å². The summed E-state index contributed by atoms with van der Waals surface area (Å²) in [7, 11) is 0. The van der Waals surface area contributed by atoms with Crippen LogP contribution in [0, 0.1) is 28.6 Å². The highest BCUT2D eigenvalue weighted by Crippen LogP contribution is 2.70. The minimum absolute atomic E-state index is 0.0145. The van der Waals surface area contributed by atoms with Crippen LogP contribution < -0.4 is 0 Å². The van der Waals surface area contributed by atoms with Gasteiger partial charge in [0.2, 0.25) is 0 Å². The lowest BCUT2D eigenvalue weighted by Crippen LogP contribution is -2.70. The summed E-state index contributed by atoms with van der Waals surface area (Å²) >= 11 is 0. The fourth-order valence-corrected chi connectivity index (χ4v) is 8.91. The van der Waals surface area contributed by atoms with Crippen molar-refractivity contribution in [2.24, 2.45) is 28.6 Å². The number of hydrogen-bond donors (Lipinski definition) is 2. The summed E-state index contributed by atoms with van der Waals surface area (Å²) in [5.41, 5.74) is -2.40. The lowest BCUT2D eigenvalue weighted by Gasteiger charge is -2.64. The van der Waals surface area contributed by atoms with Crippen molar-refractivity contribution in [1.82, 2.24) is 0 Å². The summed E-state index contributed by atoms with van der Waals surface area (Å²) in [5, 5.41) is 21.2. The van der Waals surface area contributed by atoms with Crippen molar-refractivity contribution in [1.29, 1.82) is 0 Å². The van der Waals surface area contributed by atoms with Gasteiger partial charge in [-0.3, -0.25) is 19.2 Å². The van der Waals surface area contributed by atoms with E-state index in [0.717, 1.165) is 0 Å². The van der Waals surface area contributed by atoms with Crippen LogP contribution in [0.2, 0.25) is 0 Å². The van der Waals surface area contributed by atoms with Gasteiger partial charge in [0.15, 0.2) is 12.6 Å². The molecule has 13 nitrogen and oxygen atoms in total. The molecule has 0 aromatic heterocycles. The Morgan fingerprint density at radius 3 is 2.20 bits per heavy atom. The fraction of sp³-hybridized carbons (Fsp3) is 0.875. The van der Waals surface area contributed by atoms with Crippen molar-refractivity contribution in [2.75, 3.05) is 13.2 Å². The maximum Gasteiger partial charge on any atom is 0.309 e. The molecule has 5 fully saturated rings. The van der Waals surface area contributed by atoms with Crippen LogP contribution in [0.1, 0.15) is 86.5 Å². The first-order valence-corrected chi connectivity index (χ1v) is 16.1. The summed E-state index contributed by atoms with van der Waals surface area (Å²) in [6, 6.07) is 0. The van der Waals surface area contributed by atoms with Crippen molar-refractivity contribution in [3.05, 3.63) is 0 Å². The topological polar surface area (TPSA) is 177 Å². The predicted molar refractivity (Wildman–Crippen MR) is 153 cm³/mol. The van der Waals surface area contributed by atoms with Crippen LogP contribution in [-0.2, 0) is 52.3 Å². The average Bonchev–Trinajstić information content (AvgIpc) is 3.42. The molecule has 45 heavy (non-hydrogen) atoms. The van der Waals surface area contributed by atoms with Crippen LogP contribution in [0.5, 0.6) is 0 Å². The number of hydrogen-bond acceptors (Lipinski definition) is 13. The van der Waals surface area contributed by atoms with Crippen molar-refractivity contribution in [2.45, 2.75) is 135 Å². The number of carbonyl (C=O) groups excluding carboxylic acids is 4. The lowest BCUT2D eigenvalue weighted by atomic mass is 9.42. The summed E-state index contributed by atoms with van der Waals surface area (Å²) < 4.78 is 40.6. The van der Waals surface area contributed by atoms with E-state index in [9.17, 15) is 29.4 Å². The second kappa shape index (κ2) is 12.7. The van der Waals surface area contributed by atoms with Gasteiger partial charge in [0.1, 0.15) is 30.5 Å². The Morgan fingerprint density at radius 1 is 0.911 bits per heavy atom. The van der Waals surface area contributed by atoms with Gasteiger partial charge in [-0.25, -0.2) is 0 Å². The molecule has 13 atom stereocenters. The minimum Gasteiger partial charge on any atom is -0.465 e. The van der Waals surface area contributed by atoms with Crippen LogP contribution in [0.4, 0.5) is 0 Å². The van der Waals surface area contributed by atoms with Crippen LogP contribution >= 0.6 is 0 Å². The smallest absolute Gasteiger partial charge is 0.309 e. The molecular weight excluding hydrogens is 592 g/mol. The van der Waals surface area contributed by atoms with Gasteiger partial charge in [0, 0.05) is 38.0 Å². The monoisotopic (exact) mass is 640 g/mol. The molecule has 0 aromatic rings. The lowest BCUT2D eigenvalue weighted by molar-refractivity contribution is -0.271. The van der Waals surface area contributed by atoms with E-state index in [4.69, 9.17) is 33.2 Å². The number of aliphatic hydroxyl groups excluding tert-OH is 2. The number of carbonyl (C=O) groups is 4. The third kappa shape index (κ3) is 6.47. The first-order chi connectivity index (χ1) is 21.1. The molecule has 2 N–H and O–H groups in total. The normalized spacial score (nSPS) is 43.0. The van der Waals surface area contributed by atoms with Gasteiger partial charge in [0.05, 0.1) is 37.1 Å². The highest BCUT2D eigenvalue weighted by molar-refractivity contribution is 5.73. The molecule has 3 heterocycles. The Morgan fingerprint density at radius 2 is 1.58 bits per heavy atom. The third-order valence-electron chi connectivity index (χ3n) is 11.1. The molecule has 0 amide bonds. The van der Waals surface area contributed by atoms with Crippen molar-refractivity contribution >= 4 is 23.9 Å². The van der Waals surface area contributed by atoms with E-state index >= 15 is 0 Å². The number of fused-ring (bicyclic) bond motifs is 3. The Balaban J connectivity index is 1.37. The highest BCUT2D eigenvalue weighted by Gasteiger charge is 2.77. The zero-order valence-corrected chi connectivity index (χ0v) is 27.0. The minimum atomic E-state index is -0.977. The SMILES string of the molecule is CC(=O)O[C@H]1C[C@@H](C)[C@](C)([C@@H]2C[C@H]3C[C@@H](O)O[C@H]3O2)[C@H]2C[C@@H](O)C[C@]3(CO3)[C@]12COC(=O)C[C@H](C)OC(=O)C[C@H](C)OC(C)=O. The molecule has 0 bridgehead atoms. The predicted octanol–water partition coefficient (Wildman–Crippen LogP) is 2.17. The fourth-order valence-electron chi connectivity index (χ4n) is 8.91. The molecule has 3 aliphatic heterocycles. The van der Waals surface area contributed by atoms with Gasteiger partial charge < -0.3 is 43.4 Å². The Kier molecular flexibility index (Phi) is 9.61. The number of rotatable bonds is 10. The van der Waals surface area contributed by atoms with E-state index in [2.05, 4.69) is 13.8 Å². The molecule has 3 saturated heterocycles. The van der Waals surface area contributed by atoms with E-state index in [1.54, 1.807) is 13.8 Å². The Hall–Kier alpha value is -2.32. The van der Waals surface area contributed by atoms with Crippen molar-refractivity contribution < 1.29 is 62.5 Å². The third-order valence-corrected chi connectivity index (χ3v) is 11.1. The van der Waals surface area contributed by atoms with E-state index in [1.165, 1.54) is 13.8 Å². The van der Waals surface area contributed by atoms with Crippen LogP contribution in [0.3, 0.4) is 0 Å². The second-order valence-electron chi connectivity index (χ2n) is 14.2. The van der Waals surface area contributed by atoms with Crippen molar-refractivity contribution in [3.63, 3.8) is 0 Å². The zero-order chi connectivity index (χ0) is 32.9. The molecule has 2 saturated carbocycles. The standard InChI is InChI=1S/C32H48O13/c1-16-7-25(43-20(5)34)32(15-39-26(36)8-18(3)42-27(37)9-17(2)41-19(4)33)23(12-22(35)13-31(32)14-40-31)30(16,6)24-10-21-11-28(38)45-29(21)44-24/h16-18,21-25,28-29,35,38H,7-15H2,1-6H3/t16-,17+,18+,21+,22-,23-,24+,25+,28+,29-,30+,31+,32+/m1/s1. The quantitative estimate of drug-likeness (QED) is 0.202. The van der Waals surface area contributed by atoms with E-state index in [-0.39, 0.29) is 43.3 Å². The van der Waals surface area contributed by atoms with Gasteiger partial charge >= 0.3 is 23.9 Å². The molecule has 5 aliphatic rings. The Labute approximate surface area is 263 Å². The second-order valence-corrected chi connectivity index (χ2v) is 14.2. The molecule has 254 valence electrons. The van der Waals surface area contributed by atoms with Crippen molar-refractivity contribution in [3.8, 4) is 0 Å². The molecule has 0 radical (unpaired) electrons. The molecule has 5 rings (SSSR count). The molecule has 2 aliphatic carbocycles. The number of aliphatic hydroxyl groups is 2. The number of ether oxygens (including phenoxy) is 7. The zero-order valence-electron chi connectivity index (χ0n) is 27.0. The van der Waals surface area contributed by atoms with Gasteiger partial charge in [-0.15, -0.1) is 0 Å². The largest absolute Gasteiger partial charge is 0.465 e. The number of esters is 4. The summed E-state index contributed by atoms with van der Waals surface area (Å²) in [6.45, 7) is 10.2. The summed E-state index contributed by atoms with van der Waals surface area (Å²) in [6.07, 6.45) is -2.53. The molecule has 0 aromatic carbocycles. The first-order valence-electron chi connectivity index (χ1n) is 16.1. The van der Waals surface area contributed by atoms with E-state index in [0.29, 0.717) is 38.7 Å². The van der Waals surface area contributed by atoms with E-state index < -0.39 is 77.3 Å².